The molecule has 1 aromatic heterocycles. The fourth-order valence-electron chi connectivity index (χ4n) is 3.00. The lowest BCUT2D eigenvalue weighted by Crippen LogP contribution is -2.32. The molecular weight excluding hydrogens is 340 g/mol. The van der Waals surface area contributed by atoms with Gasteiger partial charge in [0, 0.05) is 26.0 Å². The van der Waals surface area contributed by atoms with Crippen molar-refractivity contribution >= 4 is 11.6 Å². The molecule has 9 heteroatoms. The Hall–Kier alpha value is -3.36. The predicted octanol–water partition coefficient (Wildman–Crippen LogP) is 0.485. The Morgan fingerprint density at radius 3 is 2.69 bits per heavy atom. The molecule has 1 amide bonds. The van der Waals surface area contributed by atoms with Gasteiger partial charge >= 0.3 is 5.69 Å². The van der Waals surface area contributed by atoms with Crippen LogP contribution in [0.5, 0.6) is 11.6 Å². The molecule has 3 rings (SSSR count). The van der Waals surface area contributed by atoms with E-state index in [4.69, 9.17) is 4.74 Å². The minimum atomic E-state index is -0.756. The quantitative estimate of drug-likeness (QED) is 0.828. The first-order chi connectivity index (χ1) is 12.3. The number of aromatic amines is 1. The Morgan fingerprint density at radius 1 is 1.35 bits per heavy atom. The van der Waals surface area contributed by atoms with Gasteiger partial charge < -0.3 is 9.84 Å². The van der Waals surface area contributed by atoms with Gasteiger partial charge in [-0.25, -0.2) is 9.80 Å². The van der Waals surface area contributed by atoms with E-state index in [1.165, 1.54) is 26.1 Å². The summed E-state index contributed by atoms with van der Waals surface area (Å²) in [5, 5.41) is 15.7. The third-order valence-electron chi connectivity index (χ3n) is 4.31. The highest BCUT2D eigenvalue weighted by Gasteiger charge is 2.35. The van der Waals surface area contributed by atoms with Crippen LogP contribution in [0.2, 0.25) is 0 Å². The lowest BCUT2D eigenvalue weighted by Gasteiger charge is -2.22. The lowest BCUT2D eigenvalue weighted by atomic mass is 9.98. The Bertz CT molecular complexity index is 1020. The first-order valence-electron chi connectivity index (χ1n) is 7.88. The topological polar surface area (TPSA) is 117 Å². The Morgan fingerprint density at radius 2 is 2.04 bits per heavy atom. The van der Waals surface area contributed by atoms with Crippen molar-refractivity contribution in [3.05, 3.63) is 56.2 Å². The van der Waals surface area contributed by atoms with Crippen molar-refractivity contribution in [1.29, 1.82) is 0 Å². The Balaban J connectivity index is 2.12. The van der Waals surface area contributed by atoms with Crippen LogP contribution in [0, 0.1) is 0 Å². The maximum absolute atomic E-state index is 12.2. The normalized spacial score (nSPS) is 16.5. The number of para-hydroxylation sites is 1. The average Bonchev–Trinajstić information content (AvgIpc) is 3.04. The van der Waals surface area contributed by atoms with Crippen molar-refractivity contribution in [1.82, 2.24) is 14.6 Å². The van der Waals surface area contributed by atoms with Crippen LogP contribution in [-0.2, 0) is 11.8 Å². The first kappa shape index (κ1) is 17.5. The summed E-state index contributed by atoms with van der Waals surface area (Å²) >= 11 is 0. The molecule has 0 fully saturated rings. The van der Waals surface area contributed by atoms with Crippen molar-refractivity contribution < 1.29 is 14.6 Å². The molecule has 26 heavy (non-hydrogen) atoms. The molecule has 1 aromatic carbocycles. The zero-order valence-electron chi connectivity index (χ0n) is 14.5. The number of benzene rings is 1. The number of amides is 1. The van der Waals surface area contributed by atoms with Gasteiger partial charge in [-0.1, -0.05) is 18.2 Å². The lowest BCUT2D eigenvalue weighted by molar-refractivity contribution is -0.130. The second kappa shape index (κ2) is 6.51. The molecule has 0 saturated carbocycles. The van der Waals surface area contributed by atoms with Crippen LogP contribution in [0.3, 0.4) is 0 Å². The summed E-state index contributed by atoms with van der Waals surface area (Å²) in [6.45, 7) is 1.36. The molecule has 2 aromatic rings. The van der Waals surface area contributed by atoms with Gasteiger partial charge in [-0.2, -0.15) is 5.10 Å². The SMILES string of the molecule is COc1ccccc1[C@@H]1CC(c2c(O)n(C)c(=O)[nH]c2=O)=NN1C(C)=O. The van der Waals surface area contributed by atoms with Crippen LogP contribution >= 0.6 is 0 Å². The molecule has 2 heterocycles. The molecule has 0 unspecified atom stereocenters. The van der Waals surface area contributed by atoms with Crippen molar-refractivity contribution in [2.24, 2.45) is 12.1 Å². The van der Waals surface area contributed by atoms with Gasteiger partial charge in [0.25, 0.3) is 5.56 Å². The Labute approximate surface area is 148 Å². The number of aromatic nitrogens is 2. The second-order valence-corrected chi connectivity index (χ2v) is 5.89. The monoisotopic (exact) mass is 358 g/mol. The highest BCUT2D eigenvalue weighted by Crippen LogP contribution is 2.37. The number of methoxy groups -OCH3 is 1. The maximum Gasteiger partial charge on any atom is 0.330 e. The predicted molar refractivity (Wildman–Crippen MR) is 93.4 cm³/mol. The number of hydrogen-bond acceptors (Lipinski definition) is 6. The van der Waals surface area contributed by atoms with Crippen LogP contribution in [0.25, 0.3) is 0 Å². The van der Waals surface area contributed by atoms with E-state index in [2.05, 4.69) is 10.1 Å². The number of hydrogen-bond donors (Lipinski definition) is 2. The summed E-state index contributed by atoms with van der Waals surface area (Å²) in [6, 6.07) is 6.70. The zero-order valence-corrected chi connectivity index (χ0v) is 14.5. The minimum absolute atomic E-state index is 0.129. The summed E-state index contributed by atoms with van der Waals surface area (Å²) in [6.07, 6.45) is 0.189. The van der Waals surface area contributed by atoms with Crippen molar-refractivity contribution in [3.63, 3.8) is 0 Å². The van der Waals surface area contributed by atoms with E-state index in [-0.39, 0.29) is 23.6 Å². The van der Waals surface area contributed by atoms with Crippen molar-refractivity contribution in [2.45, 2.75) is 19.4 Å². The van der Waals surface area contributed by atoms with Gasteiger partial charge in [-0.3, -0.25) is 19.1 Å². The molecule has 0 bridgehead atoms. The van der Waals surface area contributed by atoms with E-state index in [0.29, 0.717) is 5.75 Å². The average molecular weight is 358 g/mol. The van der Waals surface area contributed by atoms with Gasteiger partial charge in [0.15, 0.2) is 0 Å². The van der Waals surface area contributed by atoms with Crippen LogP contribution in [0.4, 0.5) is 0 Å². The van der Waals surface area contributed by atoms with Crippen LogP contribution in [0.1, 0.15) is 30.5 Å². The molecule has 9 nitrogen and oxygen atoms in total. The largest absolute Gasteiger partial charge is 0.496 e. The van der Waals surface area contributed by atoms with Crippen LogP contribution in [0.15, 0.2) is 39.0 Å². The van der Waals surface area contributed by atoms with E-state index in [0.717, 1.165) is 10.1 Å². The first-order valence-corrected chi connectivity index (χ1v) is 7.88. The van der Waals surface area contributed by atoms with Gasteiger partial charge in [0.05, 0.1) is 18.9 Å². The summed E-state index contributed by atoms with van der Waals surface area (Å²) in [7, 11) is 2.85. The number of carbonyl (C=O) groups is 1. The molecule has 2 N–H and O–H groups in total. The molecule has 0 saturated heterocycles. The van der Waals surface area contributed by atoms with Crippen molar-refractivity contribution in [3.8, 4) is 11.6 Å². The summed E-state index contributed by atoms with van der Waals surface area (Å²) in [5.74, 6) is -0.239. The van der Waals surface area contributed by atoms with Crippen molar-refractivity contribution in [2.75, 3.05) is 7.11 Å². The molecule has 136 valence electrons. The van der Waals surface area contributed by atoms with E-state index < -0.39 is 23.2 Å². The molecular formula is C17H18N4O5. The van der Waals surface area contributed by atoms with E-state index in [9.17, 15) is 19.5 Å². The van der Waals surface area contributed by atoms with Crippen LogP contribution < -0.4 is 16.0 Å². The smallest absolute Gasteiger partial charge is 0.330 e. The summed E-state index contributed by atoms with van der Waals surface area (Å²) in [4.78, 5) is 38.0. The molecule has 0 radical (unpaired) electrons. The number of nitrogens with one attached hydrogen (secondary N) is 1. The number of nitrogens with zero attached hydrogens (tertiary/aromatic N) is 3. The Kier molecular flexibility index (Phi) is 4.37. The molecule has 0 spiro atoms. The molecule has 0 aliphatic carbocycles. The summed E-state index contributed by atoms with van der Waals surface area (Å²) < 4.78 is 6.27. The second-order valence-electron chi connectivity index (χ2n) is 5.89. The summed E-state index contributed by atoms with van der Waals surface area (Å²) in [5.41, 5.74) is -0.682. The van der Waals surface area contributed by atoms with Gasteiger partial charge in [0.1, 0.15) is 11.3 Å². The highest BCUT2D eigenvalue weighted by molar-refractivity contribution is 6.04. The number of ether oxygens (including phenoxy) is 1. The van der Waals surface area contributed by atoms with Gasteiger partial charge in [-0.15, -0.1) is 0 Å². The molecule has 1 aliphatic heterocycles. The van der Waals surface area contributed by atoms with Gasteiger partial charge in [-0.05, 0) is 6.07 Å². The number of H-pyrrole nitrogens is 1. The number of carbonyl (C=O) groups excluding carboxylic acids is 1. The van der Waals surface area contributed by atoms with E-state index >= 15 is 0 Å². The maximum atomic E-state index is 12.2. The molecule has 1 atom stereocenters. The zero-order chi connectivity index (χ0) is 19.0. The van der Waals surface area contributed by atoms with E-state index in [1.807, 2.05) is 12.1 Å². The minimum Gasteiger partial charge on any atom is -0.496 e. The van der Waals surface area contributed by atoms with E-state index in [1.54, 1.807) is 12.1 Å². The standard InChI is InChI=1S/C17H18N4O5/c1-9(22)21-12(10-6-4-5-7-13(10)26-3)8-11(19-21)14-15(23)18-17(25)20(2)16(14)24/h4-7,12,24H,8H2,1-3H3,(H,18,23,25)/t12-/m0/s1. The third-order valence-corrected chi connectivity index (χ3v) is 4.31. The number of aromatic hydroxyl groups is 1. The third kappa shape index (κ3) is 2.77. The molecule has 1 aliphatic rings. The number of rotatable bonds is 3. The fraction of sp³-hybridized carbons (Fsp3) is 0.294. The number of hydrazone groups is 1. The van der Waals surface area contributed by atoms with Crippen LogP contribution in [-0.4, -0.2) is 38.4 Å². The highest BCUT2D eigenvalue weighted by atomic mass is 16.5. The fourth-order valence-corrected chi connectivity index (χ4v) is 3.00. The van der Waals surface area contributed by atoms with Gasteiger partial charge in [0.2, 0.25) is 11.8 Å².